The van der Waals surface area contributed by atoms with Crippen LogP contribution < -0.4 is 0 Å². The van der Waals surface area contributed by atoms with Crippen molar-refractivity contribution < 1.29 is 0 Å². The number of nitrogens with one attached hydrogen (secondary N) is 1. The van der Waals surface area contributed by atoms with Crippen molar-refractivity contribution in [3.63, 3.8) is 0 Å². The number of hydrogen-bond acceptors (Lipinski definition) is 1. The van der Waals surface area contributed by atoms with Crippen LogP contribution >= 0.6 is 23.2 Å². The molecule has 2 aromatic rings. The van der Waals surface area contributed by atoms with Gasteiger partial charge in [0.15, 0.2) is 0 Å². The first-order valence-electron chi connectivity index (χ1n) is 4.14. The smallest absolute Gasteiger partial charge is 0.140 e. The number of hydrogen-bond donors (Lipinski definition) is 1. The molecule has 0 aliphatic carbocycles. The van der Waals surface area contributed by atoms with Gasteiger partial charge in [0.2, 0.25) is 0 Å². The van der Waals surface area contributed by atoms with Crippen molar-refractivity contribution >= 4 is 23.2 Å². The third kappa shape index (κ3) is 1.63. The third-order valence-corrected chi connectivity index (χ3v) is 2.53. The highest BCUT2D eigenvalue weighted by molar-refractivity contribution is 6.38. The van der Waals surface area contributed by atoms with Gasteiger partial charge in [-0.25, -0.2) is 4.98 Å². The molecule has 1 aromatic carbocycles. The Kier molecular flexibility index (Phi) is 2.48. The number of halogens is 2. The van der Waals surface area contributed by atoms with Gasteiger partial charge in [0, 0.05) is 11.9 Å². The lowest BCUT2D eigenvalue weighted by Gasteiger charge is -2.02. The molecule has 2 nitrogen and oxygen atoms in total. The molecule has 0 aliphatic heterocycles. The Bertz CT molecular complexity index is 443. The van der Waals surface area contributed by atoms with Crippen LogP contribution in [0.5, 0.6) is 0 Å². The lowest BCUT2D eigenvalue weighted by Crippen LogP contribution is -1.83. The van der Waals surface area contributed by atoms with Crippen molar-refractivity contribution in [1.82, 2.24) is 9.97 Å². The van der Waals surface area contributed by atoms with Gasteiger partial charge in [-0.2, -0.15) is 0 Å². The Morgan fingerprint density at radius 1 is 1.21 bits per heavy atom. The molecule has 0 saturated carbocycles. The van der Waals surface area contributed by atoms with Crippen LogP contribution in [0, 0.1) is 6.92 Å². The maximum atomic E-state index is 6.03. The lowest BCUT2D eigenvalue weighted by atomic mass is 10.2. The summed E-state index contributed by atoms with van der Waals surface area (Å²) >= 11 is 12.1. The first-order valence-corrected chi connectivity index (χ1v) is 4.90. The molecule has 0 unspecified atom stereocenters. The molecule has 2 rings (SSSR count). The molecule has 14 heavy (non-hydrogen) atoms. The van der Waals surface area contributed by atoms with E-state index in [0.717, 1.165) is 11.3 Å². The zero-order chi connectivity index (χ0) is 10.1. The van der Waals surface area contributed by atoms with Crippen molar-refractivity contribution in [1.29, 1.82) is 0 Å². The number of imidazole rings is 1. The summed E-state index contributed by atoms with van der Waals surface area (Å²) in [5, 5.41) is 1.21. The Labute approximate surface area is 91.9 Å². The molecule has 1 heterocycles. The Balaban J connectivity index is 2.61. The molecule has 72 valence electrons. The number of aromatic nitrogens is 2. The minimum Gasteiger partial charge on any atom is -0.342 e. The second-order valence-corrected chi connectivity index (χ2v) is 3.83. The van der Waals surface area contributed by atoms with E-state index >= 15 is 0 Å². The van der Waals surface area contributed by atoms with Gasteiger partial charge >= 0.3 is 0 Å². The van der Waals surface area contributed by atoms with Crippen LogP contribution in [0.25, 0.3) is 11.4 Å². The van der Waals surface area contributed by atoms with Gasteiger partial charge in [-0.1, -0.05) is 29.3 Å². The van der Waals surface area contributed by atoms with Crippen molar-refractivity contribution in [2.45, 2.75) is 6.92 Å². The van der Waals surface area contributed by atoms with E-state index in [1.807, 2.05) is 13.0 Å². The number of aromatic amines is 1. The minimum absolute atomic E-state index is 0.604. The summed E-state index contributed by atoms with van der Waals surface area (Å²) in [7, 11) is 0. The number of benzene rings is 1. The van der Waals surface area contributed by atoms with Gasteiger partial charge in [0.05, 0.1) is 15.6 Å². The van der Waals surface area contributed by atoms with Crippen LogP contribution in [-0.2, 0) is 0 Å². The van der Waals surface area contributed by atoms with Crippen LogP contribution in [0.3, 0.4) is 0 Å². The zero-order valence-corrected chi connectivity index (χ0v) is 9.02. The highest BCUT2D eigenvalue weighted by atomic mass is 35.5. The van der Waals surface area contributed by atoms with Crippen molar-refractivity contribution in [3.05, 3.63) is 40.1 Å². The molecule has 1 N–H and O–H groups in total. The Morgan fingerprint density at radius 2 is 1.86 bits per heavy atom. The van der Waals surface area contributed by atoms with E-state index in [2.05, 4.69) is 9.97 Å². The molecule has 0 amide bonds. The maximum absolute atomic E-state index is 6.03. The van der Waals surface area contributed by atoms with Crippen molar-refractivity contribution in [2.24, 2.45) is 0 Å². The minimum atomic E-state index is 0.604. The highest BCUT2D eigenvalue weighted by Crippen LogP contribution is 2.32. The maximum Gasteiger partial charge on any atom is 0.140 e. The fraction of sp³-hybridized carbons (Fsp3) is 0.100. The molecule has 4 heteroatoms. The molecule has 0 saturated heterocycles. The molecule has 0 bridgehead atoms. The topological polar surface area (TPSA) is 28.7 Å². The number of H-pyrrole nitrogens is 1. The Hall–Kier alpha value is -0.990. The van der Waals surface area contributed by atoms with E-state index in [1.54, 1.807) is 18.3 Å². The van der Waals surface area contributed by atoms with E-state index < -0.39 is 0 Å². The summed E-state index contributed by atoms with van der Waals surface area (Å²) in [6, 6.07) is 5.39. The van der Waals surface area contributed by atoms with E-state index in [9.17, 15) is 0 Å². The molecule has 1 aromatic heterocycles. The molecule has 0 radical (unpaired) electrons. The summed E-state index contributed by atoms with van der Waals surface area (Å²) in [6.45, 7) is 1.93. The summed E-state index contributed by atoms with van der Waals surface area (Å²) in [5.41, 5.74) is 1.74. The number of aryl methyl sites for hydroxylation is 1. The number of nitrogens with zero attached hydrogens (tertiary/aromatic N) is 1. The number of rotatable bonds is 1. The fourth-order valence-electron chi connectivity index (χ4n) is 1.26. The highest BCUT2D eigenvalue weighted by Gasteiger charge is 2.10. The van der Waals surface area contributed by atoms with Crippen LogP contribution in [0.15, 0.2) is 24.4 Å². The molecular weight excluding hydrogens is 219 g/mol. The summed E-state index contributed by atoms with van der Waals surface area (Å²) < 4.78 is 0. The zero-order valence-electron chi connectivity index (χ0n) is 7.51. The largest absolute Gasteiger partial charge is 0.342 e. The normalized spacial score (nSPS) is 10.5. The van der Waals surface area contributed by atoms with Gasteiger partial charge < -0.3 is 4.98 Å². The van der Waals surface area contributed by atoms with E-state index in [0.29, 0.717) is 15.9 Å². The molecule has 0 fully saturated rings. The van der Waals surface area contributed by atoms with Crippen molar-refractivity contribution in [3.8, 4) is 11.4 Å². The predicted molar refractivity (Wildman–Crippen MR) is 58.8 cm³/mol. The van der Waals surface area contributed by atoms with Gasteiger partial charge in [-0.3, -0.25) is 0 Å². The third-order valence-electron chi connectivity index (χ3n) is 1.90. The van der Waals surface area contributed by atoms with Gasteiger partial charge in [0.1, 0.15) is 5.82 Å². The van der Waals surface area contributed by atoms with Crippen LogP contribution in [0.2, 0.25) is 10.0 Å². The van der Waals surface area contributed by atoms with Gasteiger partial charge in [-0.05, 0) is 19.1 Å². The monoisotopic (exact) mass is 226 g/mol. The molecular formula is C10H8Cl2N2. The second kappa shape index (κ2) is 3.64. The first-order chi connectivity index (χ1) is 6.68. The second-order valence-electron chi connectivity index (χ2n) is 3.01. The van der Waals surface area contributed by atoms with Gasteiger partial charge in [0.25, 0.3) is 0 Å². The van der Waals surface area contributed by atoms with Crippen LogP contribution in [0.1, 0.15) is 5.69 Å². The average molecular weight is 227 g/mol. The van der Waals surface area contributed by atoms with Crippen LogP contribution in [-0.4, -0.2) is 9.97 Å². The SMILES string of the molecule is Cc1cnc(-c2c(Cl)cccc2Cl)[nH]1. The fourth-order valence-corrected chi connectivity index (χ4v) is 1.84. The molecule has 0 spiro atoms. The summed E-state index contributed by atoms with van der Waals surface area (Å²) in [4.78, 5) is 7.28. The predicted octanol–water partition coefficient (Wildman–Crippen LogP) is 3.69. The average Bonchev–Trinajstić information content (AvgIpc) is 2.51. The first kappa shape index (κ1) is 9.56. The van der Waals surface area contributed by atoms with Gasteiger partial charge in [-0.15, -0.1) is 0 Å². The lowest BCUT2D eigenvalue weighted by molar-refractivity contribution is 1.26. The summed E-state index contributed by atoms with van der Waals surface area (Å²) in [5.74, 6) is 0.707. The standard InChI is InChI=1S/C10H8Cl2N2/c1-6-5-13-10(14-6)9-7(11)3-2-4-8(9)12/h2-5H,1H3,(H,13,14). The molecule has 0 atom stereocenters. The molecule has 0 aliphatic rings. The van der Waals surface area contributed by atoms with E-state index in [1.165, 1.54) is 0 Å². The van der Waals surface area contributed by atoms with Crippen molar-refractivity contribution in [2.75, 3.05) is 0 Å². The van der Waals surface area contributed by atoms with Crippen LogP contribution in [0.4, 0.5) is 0 Å². The summed E-state index contributed by atoms with van der Waals surface area (Å²) in [6.07, 6.45) is 1.75. The van der Waals surface area contributed by atoms with E-state index in [-0.39, 0.29) is 0 Å². The Morgan fingerprint density at radius 3 is 2.36 bits per heavy atom. The quantitative estimate of drug-likeness (QED) is 0.790. The van der Waals surface area contributed by atoms with E-state index in [4.69, 9.17) is 23.2 Å².